The molecule has 7 heteroatoms. The lowest BCUT2D eigenvalue weighted by Crippen LogP contribution is -2.48. The fraction of sp³-hybridized carbons (Fsp3) is 0.273. The molecule has 4 rings (SSSR count). The van der Waals surface area contributed by atoms with Gasteiger partial charge in [-0.3, -0.25) is 0 Å². The molecule has 5 nitrogen and oxygen atoms in total. The van der Waals surface area contributed by atoms with Gasteiger partial charge in [0.25, 0.3) is 0 Å². The maximum absolute atomic E-state index is 13.4. The van der Waals surface area contributed by atoms with Crippen LogP contribution in [0.25, 0.3) is 10.8 Å². The Morgan fingerprint density at radius 3 is 2.21 bits per heavy atom. The molecule has 0 aliphatic carbocycles. The summed E-state index contributed by atoms with van der Waals surface area (Å²) in [5.74, 6) is 0.703. The van der Waals surface area contributed by atoms with Gasteiger partial charge in [-0.15, -0.1) is 0 Å². The van der Waals surface area contributed by atoms with E-state index in [0.717, 1.165) is 11.1 Å². The van der Waals surface area contributed by atoms with Crippen molar-refractivity contribution in [1.82, 2.24) is 4.31 Å². The topological polar surface area (TPSA) is 49.9 Å². The van der Waals surface area contributed by atoms with Gasteiger partial charge in [-0.1, -0.05) is 35.9 Å². The van der Waals surface area contributed by atoms with Crippen molar-refractivity contribution in [3.05, 3.63) is 65.7 Å². The summed E-state index contributed by atoms with van der Waals surface area (Å²) in [6.45, 7) is 4.59. The van der Waals surface area contributed by atoms with Gasteiger partial charge in [0, 0.05) is 47.7 Å². The van der Waals surface area contributed by atoms with Crippen molar-refractivity contribution >= 4 is 38.1 Å². The van der Waals surface area contributed by atoms with E-state index in [-0.39, 0.29) is 0 Å². The van der Waals surface area contributed by atoms with Crippen LogP contribution < -0.4 is 9.64 Å². The Kier molecular flexibility index (Phi) is 5.67. The molecule has 0 bridgehead atoms. The van der Waals surface area contributed by atoms with Crippen LogP contribution in [-0.2, 0) is 10.0 Å². The molecule has 0 N–H and O–H groups in total. The first kappa shape index (κ1) is 20.0. The van der Waals surface area contributed by atoms with Crippen LogP contribution >= 0.6 is 11.6 Å². The number of benzene rings is 3. The fourth-order valence-corrected chi connectivity index (χ4v) is 5.47. The Balaban J connectivity index is 1.60. The van der Waals surface area contributed by atoms with E-state index in [0.29, 0.717) is 53.8 Å². The van der Waals surface area contributed by atoms with E-state index in [4.69, 9.17) is 16.3 Å². The van der Waals surface area contributed by atoms with E-state index >= 15 is 0 Å². The normalized spacial score (nSPS) is 15.6. The highest BCUT2D eigenvalue weighted by Crippen LogP contribution is 2.33. The molecule has 0 aromatic heterocycles. The zero-order chi connectivity index (χ0) is 20.4. The second kappa shape index (κ2) is 8.22. The summed E-state index contributed by atoms with van der Waals surface area (Å²) in [5.41, 5.74) is 1.05. The van der Waals surface area contributed by atoms with Crippen molar-refractivity contribution in [3.63, 3.8) is 0 Å². The van der Waals surface area contributed by atoms with Gasteiger partial charge in [0.05, 0.1) is 11.5 Å². The highest BCUT2D eigenvalue weighted by Gasteiger charge is 2.30. The minimum absolute atomic E-state index is 0.330. The van der Waals surface area contributed by atoms with Crippen molar-refractivity contribution in [2.45, 2.75) is 11.8 Å². The third-order valence-electron chi connectivity index (χ3n) is 5.19. The number of hydrogen-bond donors (Lipinski definition) is 0. The van der Waals surface area contributed by atoms with Gasteiger partial charge in [0.2, 0.25) is 10.0 Å². The third kappa shape index (κ3) is 3.92. The molecule has 3 aromatic rings. The minimum Gasteiger partial charge on any atom is -0.493 e. The number of ether oxygens (including phenoxy) is 1. The second-order valence-electron chi connectivity index (χ2n) is 6.91. The lowest BCUT2D eigenvalue weighted by Gasteiger charge is -2.35. The molecule has 1 fully saturated rings. The maximum Gasteiger partial charge on any atom is 0.243 e. The standard InChI is InChI=1S/C22H23ClN2O3S/c1-2-28-21-11-12-22(20-6-4-3-5-19(20)21)29(26,27)25-15-13-24(14-16-25)18-9-7-17(23)8-10-18/h3-12H,2,13-16H2,1H3. The van der Waals surface area contributed by atoms with Gasteiger partial charge in [0.1, 0.15) is 5.75 Å². The molecule has 0 atom stereocenters. The molecule has 3 aromatic carbocycles. The van der Waals surface area contributed by atoms with Gasteiger partial charge >= 0.3 is 0 Å². The van der Waals surface area contributed by atoms with E-state index in [1.54, 1.807) is 16.4 Å². The number of piperazine rings is 1. The van der Waals surface area contributed by atoms with E-state index in [9.17, 15) is 8.42 Å². The third-order valence-corrected chi connectivity index (χ3v) is 7.40. The summed E-state index contributed by atoms with van der Waals surface area (Å²) >= 11 is 5.96. The van der Waals surface area contributed by atoms with Gasteiger partial charge < -0.3 is 9.64 Å². The lowest BCUT2D eigenvalue weighted by molar-refractivity contribution is 0.344. The van der Waals surface area contributed by atoms with Gasteiger partial charge in [-0.2, -0.15) is 4.31 Å². The van der Waals surface area contributed by atoms with Crippen LogP contribution in [0.15, 0.2) is 65.6 Å². The zero-order valence-electron chi connectivity index (χ0n) is 16.2. The minimum atomic E-state index is -3.60. The number of fused-ring (bicyclic) bond motifs is 1. The number of halogens is 1. The van der Waals surface area contributed by atoms with Crippen LogP contribution in [0.5, 0.6) is 5.75 Å². The summed E-state index contributed by atoms with van der Waals surface area (Å²) in [6, 6.07) is 18.5. The SMILES string of the molecule is CCOc1ccc(S(=O)(=O)N2CCN(c3ccc(Cl)cc3)CC2)c2ccccc12. The predicted molar refractivity (Wildman–Crippen MR) is 118 cm³/mol. The van der Waals surface area contributed by atoms with Crippen LogP contribution in [0.4, 0.5) is 5.69 Å². The Morgan fingerprint density at radius 1 is 0.897 bits per heavy atom. The number of sulfonamides is 1. The van der Waals surface area contributed by atoms with Crippen molar-refractivity contribution in [1.29, 1.82) is 0 Å². The molecule has 0 saturated carbocycles. The average molecular weight is 431 g/mol. The molecule has 1 aliphatic heterocycles. The van der Waals surface area contributed by atoms with Gasteiger partial charge in [-0.05, 0) is 43.3 Å². The Bertz CT molecular complexity index is 1110. The number of hydrogen-bond acceptors (Lipinski definition) is 4. The van der Waals surface area contributed by atoms with Crippen molar-refractivity contribution in [3.8, 4) is 5.75 Å². The van der Waals surface area contributed by atoms with Crippen LogP contribution in [-0.4, -0.2) is 45.5 Å². The van der Waals surface area contributed by atoms with Crippen LogP contribution in [0, 0.1) is 0 Å². The predicted octanol–water partition coefficient (Wildman–Crippen LogP) is 4.40. The molecule has 0 spiro atoms. The second-order valence-corrected chi connectivity index (χ2v) is 9.25. The zero-order valence-corrected chi connectivity index (χ0v) is 17.8. The highest BCUT2D eigenvalue weighted by atomic mass is 35.5. The van der Waals surface area contributed by atoms with E-state index < -0.39 is 10.0 Å². The first-order valence-corrected chi connectivity index (χ1v) is 11.5. The van der Waals surface area contributed by atoms with Crippen LogP contribution in [0.1, 0.15) is 6.92 Å². The Morgan fingerprint density at radius 2 is 1.55 bits per heavy atom. The summed E-state index contributed by atoms with van der Waals surface area (Å²) < 4.78 is 34.1. The van der Waals surface area contributed by atoms with Crippen molar-refractivity contribution < 1.29 is 13.2 Å². The monoisotopic (exact) mass is 430 g/mol. The summed E-state index contributed by atoms with van der Waals surface area (Å²) in [5, 5.41) is 2.20. The molecule has 1 aliphatic rings. The highest BCUT2D eigenvalue weighted by molar-refractivity contribution is 7.89. The molecule has 0 unspecified atom stereocenters. The smallest absolute Gasteiger partial charge is 0.243 e. The van der Waals surface area contributed by atoms with E-state index in [1.807, 2.05) is 55.5 Å². The summed E-state index contributed by atoms with van der Waals surface area (Å²) in [7, 11) is -3.60. The van der Waals surface area contributed by atoms with Crippen molar-refractivity contribution in [2.24, 2.45) is 0 Å². The average Bonchev–Trinajstić information content (AvgIpc) is 2.75. The summed E-state index contributed by atoms with van der Waals surface area (Å²) in [6.07, 6.45) is 0. The molecule has 152 valence electrons. The quantitative estimate of drug-likeness (QED) is 0.601. The Hall–Kier alpha value is -2.28. The fourth-order valence-electron chi connectivity index (χ4n) is 3.73. The molecule has 0 radical (unpaired) electrons. The van der Waals surface area contributed by atoms with Crippen LogP contribution in [0.2, 0.25) is 5.02 Å². The first-order valence-electron chi connectivity index (χ1n) is 9.66. The molecule has 1 saturated heterocycles. The van der Waals surface area contributed by atoms with E-state index in [2.05, 4.69) is 4.90 Å². The van der Waals surface area contributed by atoms with Gasteiger partial charge in [-0.25, -0.2) is 8.42 Å². The first-order chi connectivity index (χ1) is 14.0. The van der Waals surface area contributed by atoms with Crippen LogP contribution in [0.3, 0.4) is 0 Å². The largest absolute Gasteiger partial charge is 0.493 e. The number of rotatable bonds is 5. The molecular formula is C22H23ClN2O3S. The number of nitrogens with zero attached hydrogens (tertiary/aromatic N) is 2. The Labute approximate surface area is 176 Å². The molecular weight excluding hydrogens is 408 g/mol. The van der Waals surface area contributed by atoms with E-state index in [1.165, 1.54) is 0 Å². The molecule has 1 heterocycles. The lowest BCUT2D eigenvalue weighted by atomic mass is 10.1. The maximum atomic E-state index is 13.4. The van der Waals surface area contributed by atoms with Crippen molar-refractivity contribution in [2.75, 3.05) is 37.7 Å². The van der Waals surface area contributed by atoms with Gasteiger partial charge in [0.15, 0.2) is 0 Å². The molecule has 29 heavy (non-hydrogen) atoms. The summed E-state index contributed by atoms with van der Waals surface area (Å²) in [4.78, 5) is 2.51. The molecule has 0 amide bonds. The number of anilines is 1.